The van der Waals surface area contributed by atoms with Gasteiger partial charge in [0.25, 0.3) is 0 Å². The van der Waals surface area contributed by atoms with Crippen LogP contribution >= 0.6 is 23.2 Å². The van der Waals surface area contributed by atoms with Crippen molar-refractivity contribution in [2.24, 2.45) is 5.92 Å². The molecule has 0 saturated carbocycles. The molecule has 1 N–H and O–H groups in total. The maximum absolute atomic E-state index is 12.5. The van der Waals surface area contributed by atoms with Crippen molar-refractivity contribution < 1.29 is 13.2 Å². The summed E-state index contributed by atoms with van der Waals surface area (Å²) in [7, 11) is -3.70. The van der Waals surface area contributed by atoms with Crippen molar-refractivity contribution in [1.29, 1.82) is 0 Å². The van der Waals surface area contributed by atoms with Crippen molar-refractivity contribution in [1.82, 2.24) is 5.32 Å². The number of benzene rings is 3. The van der Waals surface area contributed by atoms with Gasteiger partial charge in [-0.2, -0.15) is 0 Å². The van der Waals surface area contributed by atoms with Crippen LogP contribution < -0.4 is 9.62 Å². The van der Waals surface area contributed by atoms with E-state index in [1.54, 1.807) is 0 Å². The van der Waals surface area contributed by atoms with Crippen molar-refractivity contribution in [2.45, 2.75) is 13.3 Å². The van der Waals surface area contributed by atoms with Crippen LogP contribution in [-0.4, -0.2) is 33.7 Å². The van der Waals surface area contributed by atoms with E-state index in [0.717, 1.165) is 17.0 Å². The second-order valence-corrected chi connectivity index (χ2v) is 10.4. The van der Waals surface area contributed by atoms with E-state index >= 15 is 0 Å². The van der Waals surface area contributed by atoms with E-state index in [1.165, 1.54) is 34.5 Å². The average molecular weight is 479 g/mol. The maximum Gasteiger partial charge on any atom is 0.240 e. The Balaban J connectivity index is 1.65. The van der Waals surface area contributed by atoms with Crippen LogP contribution in [0.1, 0.15) is 12.5 Å². The molecule has 1 unspecified atom stereocenters. The maximum atomic E-state index is 12.5. The standard InChI is InChI=1S/C23H24Cl2N2O3S/c1-16(10-18-8-5-7-17-6-3-4-9-22(17)18)14-26-23(28)15-27(31(2,29)30)21-12-19(24)11-20(25)13-21/h3-9,11-13,16H,10,14-15H2,1-2H3,(H,26,28). The number of hydrogen-bond donors (Lipinski definition) is 1. The SMILES string of the molecule is CC(CNC(=O)CN(c1cc(Cl)cc(Cl)c1)S(C)(=O)=O)Cc1cccc2ccccc12. The number of hydrogen-bond acceptors (Lipinski definition) is 3. The molecule has 3 aromatic carbocycles. The van der Waals surface area contributed by atoms with Crippen molar-refractivity contribution in [3.8, 4) is 0 Å². The van der Waals surface area contributed by atoms with Gasteiger partial charge in [0.05, 0.1) is 11.9 Å². The number of nitrogens with one attached hydrogen (secondary N) is 1. The van der Waals surface area contributed by atoms with Crippen LogP contribution in [0.2, 0.25) is 10.0 Å². The third-order valence-corrected chi connectivity index (χ3v) is 6.50. The fourth-order valence-corrected chi connectivity index (χ4v) is 4.83. The zero-order valence-electron chi connectivity index (χ0n) is 17.3. The first-order chi connectivity index (χ1) is 14.6. The quantitative estimate of drug-likeness (QED) is 0.500. The fraction of sp³-hybridized carbons (Fsp3) is 0.261. The molecule has 0 radical (unpaired) electrons. The number of fused-ring (bicyclic) bond motifs is 1. The van der Waals surface area contributed by atoms with Crippen LogP contribution in [0.5, 0.6) is 0 Å². The lowest BCUT2D eigenvalue weighted by Crippen LogP contribution is -2.41. The lowest BCUT2D eigenvalue weighted by atomic mass is 9.96. The molecule has 0 aromatic heterocycles. The summed E-state index contributed by atoms with van der Waals surface area (Å²) in [4.78, 5) is 12.5. The van der Waals surface area contributed by atoms with Crippen LogP contribution in [0.25, 0.3) is 10.8 Å². The smallest absolute Gasteiger partial charge is 0.240 e. The molecule has 0 fully saturated rings. The van der Waals surface area contributed by atoms with Crippen molar-refractivity contribution >= 4 is 55.6 Å². The molecule has 8 heteroatoms. The van der Waals surface area contributed by atoms with Gasteiger partial charge < -0.3 is 5.32 Å². The zero-order valence-corrected chi connectivity index (χ0v) is 19.6. The molecule has 0 aliphatic rings. The molecular formula is C23H24Cl2N2O3S. The molecule has 31 heavy (non-hydrogen) atoms. The molecule has 1 amide bonds. The highest BCUT2D eigenvalue weighted by atomic mass is 35.5. The van der Waals surface area contributed by atoms with Crippen LogP contribution in [0.4, 0.5) is 5.69 Å². The van der Waals surface area contributed by atoms with E-state index in [-0.39, 0.29) is 18.2 Å². The Bertz CT molecular complexity index is 1170. The molecule has 164 valence electrons. The van der Waals surface area contributed by atoms with Crippen LogP contribution in [-0.2, 0) is 21.2 Å². The number of amides is 1. The first-order valence-corrected chi connectivity index (χ1v) is 12.4. The molecule has 0 spiro atoms. The Kier molecular flexibility index (Phi) is 7.46. The van der Waals surface area contributed by atoms with Gasteiger partial charge in [-0.25, -0.2) is 8.42 Å². The van der Waals surface area contributed by atoms with Gasteiger partial charge in [-0.05, 0) is 46.9 Å². The minimum atomic E-state index is -3.70. The number of anilines is 1. The van der Waals surface area contributed by atoms with E-state index in [9.17, 15) is 13.2 Å². The van der Waals surface area contributed by atoms with Crippen LogP contribution in [0.3, 0.4) is 0 Å². The molecule has 3 rings (SSSR count). The van der Waals surface area contributed by atoms with Crippen molar-refractivity contribution in [2.75, 3.05) is 23.7 Å². The Labute approximate surface area is 193 Å². The van der Waals surface area contributed by atoms with E-state index in [1.807, 2.05) is 25.1 Å². The van der Waals surface area contributed by atoms with Gasteiger partial charge in [0.2, 0.25) is 15.9 Å². The number of nitrogens with zero attached hydrogens (tertiary/aromatic N) is 1. The summed E-state index contributed by atoms with van der Waals surface area (Å²) in [6.07, 6.45) is 1.83. The monoisotopic (exact) mass is 478 g/mol. The van der Waals surface area contributed by atoms with Crippen molar-refractivity contribution in [3.05, 3.63) is 76.3 Å². The van der Waals surface area contributed by atoms with Gasteiger partial charge in [-0.1, -0.05) is 72.6 Å². The van der Waals surface area contributed by atoms with Gasteiger partial charge in [0.15, 0.2) is 0 Å². The van der Waals surface area contributed by atoms with E-state index in [4.69, 9.17) is 23.2 Å². The summed E-state index contributed by atoms with van der Waals surface area (Å²) >= 11 is 12.0. The summed E-state index contributed by atoms with van der Waals surface area (Å²) in [6.45, 7) is 2.12. The minimum absolute atomic E-state index is 0.169. The number of carbonyl (C=O) groups is 1. The summed E-state index contributed by atoms with van der Waals surface area (Å²) in [5.74, 6) is -0.228. The van der Waals surface area contributed by atoms with Crippen LogP contribution in [0.15, 0.2) is 60.7 Å². The van der Waals surface area contributed by atoms with Crippen LogP contribution in [0, 0.1) is 5.92 Å². The molecular weight excluding hydrogens is 455 g/mol. The molecule has 3 aromatic rings. The third-order valence-electron chi connectivity index (χ3n) is 4.92. The van der Waals surface area contributed by atoms with Gasteiger partial charge >= 0.3 is 0 Å². The number of halogens is 2. The zero-order chi connectivity index (χ0) is 22.6. The molecule has 0 aliphatic carbocycles. The molecule has 0 bridgehead atoms. The second kappa shape index (κ2) is 9.90. The highest BCUT2D eigenvalue weighted by molar-refractivity contribution is 7.92. The normalized spacial score (nSPS) is 12.5. The third kappa shape index (κ3) is 6.35. The predicted molar refractivity (Wildman–Crippen MR) is 128 cm³/mol. The molecule has 1 atom stereocenters. The summed E-state index contributed by atoms with van der Waals surface area (Å²) in [6, 6.07) is 18.8. The largest absolute Gasteiger partial charge is 0.354 e. The Hall–Kier alpha value is -2.28. The van der Waals surface area contributed by atoms with Gasteiger partial charge in [-0.15, -0.1) is 0 Å². The second-order valence-electron chi connectivity index (χ2n) is 7.65. The van der Waals surface area contributed by atoms with Crippen molar-refractivity contribution in [3.63, 3.8) is 0 Å². The lowest BCUT2D eigenvalue weighted by molar-refractivity contribution is -0.119. The summed E-state index contributed by atoms with van der Waals surface area (Å²) < 4.78 is 25.5. The average Bonchev–Trinajstić information content (AvgIpc) is 2.69. The van der Waals surface area contributed by atoms with E-state index < -0.39 is 15.9 Å². The Morgan fingerprint density at radius 2 is 1.68 bits per heavy atom. The van der Waals surface area contributed by atoms with Gasteiger partial charge in [-0.3, -0.25) is 9.10 Å². The minimum Gasteiger partial charge on any atom is -0.354 e. The predicted octanol–water partition coefficient (Wildman–Crippen LogP) is 4.91. The first-order valence-electron chi connectivity index (χ1n) is 9.80. The highest BCUT2D eigenvalue weighted by Gasteiger charge is 2.22. The number of sulfonamides is 1. The van der Waals surface area contributed by atoms with E-state index in [0.29, 0.717) is 16.6 Å². The first kappa shape index (κ1) is 23.4. The molecule has 0 saturated heterocycles. The molecule has 5 nitrogen and oxygen atoms in total. The summed E-state index contributed by atoms with van der Waals surface area (Å²) in [5, 5.41) is 5.80. The fourth-order valence-electron chi connectivity index (χ4n) is 3.48. The lowest BCUT2D eigenvalue weighted by Gasteiger charge is -2.23. The number of carbonyl (C=O) groups excluding carboxylic acids is 1. The highest BCUT2D eigenvalue weighted by Crippen LogP contribution is 2.27. The van der Waals surface area contributed by atoms with Gasteiger partial charge in [0.1, 0.15) is 6.54 Å². The van der Waals surface area contributed by atoms with Gasteiger partial charge in [0, 0.05) is 16.6 Å². The Morgan fingerprint density at radius 1 is 1.03 bits per heavy atom. The molecule has 0 aliphatic heterocycles. The molecule has 0 heterocycles. The number of rotatable bonds is 8. The Morgan fingerprint density at radius 3 is 2.35 bits per heavy atom. The van der Waals surface area contributed by atoms with E-state index in [2.05, 4.69) is 29.6 Å². The topological polar surface area (TPSA) is 66.5 Å². The summed E-state index contributed by atoms with van der Waals surface area (Å²) in [5.41, 5.74) is 1.46.